The number of hydrogen-bond acceptors (Lipinski definition) is 5. The van der Waals surface area contributed by atoms with E-state index in [0.29, 0.717) is 5.01 Å². The number of hydrogen-bond donors (Lipinski definition) is 0. The van der Waals surface area contributed by atoms with Gasteiger partial charge in [0.25, 0.3) is 5.84 Å². The fraction of sp³-hybridized carbons (Fsp3) is 0. The molecular formula is C9H6N4O3. The molecule has 7 heteroatoms. The molecule has 7 nitrogen and oxygen atoms in total. The molecule has 0 unspecified atom stereocenters. The quantitative estimate of drug-likeness (QED) is 0.538. The topological polar surface area (TPSA) is 88.2 Å². The Morgan fingerprint density at radius 1 is 1.25 bits per heavy atom. The van der Waals surface area contributed by atoms with Gasteiger partial charge in [-0.15, -0.1) is 5.10 Å². The van der Waals surface area contributed by atoms with E-state index in [9.17, 15) is 14.9 Å². The van der Waals surface area contributed by atoms with Crippen molar-refractivity contribution in [3.8, 4) is 0 Å². The van der Waals surface area contributed by atoms with Crippen molar-refractivity contribution in [3.05, 3.63) is 40.4 Å². The summed E-state index contributed by atoms with van der Waals surface area (Å²) in [6.07, 6.45) is 0.939. The van der Waals surface area contributed by atoms with E-state index < -0.39 is 10.8 Å². The lowest BCUT2D eigenvalue weighted by Crippen LogP contribution is -2.40. The summed E-state index contributed by atoms with van der Waals surface area (Å²) < 4.78 is 0. The van der Waals surface area contributed by atoms with Crippen LogP contribution in [0.15, 0.2) is 40.5 Å². The largest absolute Gasteiger partial charge is 0.284 e. The maximum Gasteiger partial charge on any atom is 0.269 e. The van der Waals surface area contributed by atoms with Crippen LogP contribution in [0.25, 0.3) is 0 Å². The molecule has 0 aliphatic carbocycles. The number of nitrogens with zero attached hydrogens (tertiary/aromatic N) is 4. The normalized spacial score (nSPS) is 13.8. The first-order valence-electron chi connectivity index (χ1n) is 4.35. The first kappa shape index (κ1) is 9.97. The minimum absolute atomic E-state index is 0.255. The molecule has 1 aromatic carbocycles. The number of amidine groups is 1. The molecule has 1 aromatic rings. The van der Waals surface area contributed by atoms with E-state index in [0.717, 1.165) is 6.21 Å². The van der Waals surface area contributed by atoms with Gasteiger partial charge in [-0.1, -0.05) is 18.2 Å². The number of carbonyl (C=O) groups excluding carboxylic acids is 1. The second kappa shape index (κ2) is 3.89. The summed E-state index contributed by atoms with van der Waals surface area (Å²) in [5.41, 5.74) is 0.255. The van der Waals surface area contributed by atoms with Crippen LogP contribution in [0.5, 0.6) is 0 Å². The minimum atomic E-state index is -0.708. The van der Waals surface area contributed by atoms with Gasteiger partial charge in [-0.05, 0) is 17.1 Å². The maximum absolute atomic E-state index is 11.3. The van der Waals surface area contributed by atoms with Crippen LogP contribution >= 0.6 is 0 Å². The van der Waals surface area contributed by atoms with Gasteiger partial charge in [-0.2, -0.15) is 5.10 Å². The lowest BCUT2D eigenvalue weighted by Gasteiger charge is -2.11. The zero-order chi connectivity index (χ0) is 11.5. The van der Waals surface area contributed by atoms with Gasteiger partial charge >= 0.3 is 0 Å². The highest BCUT2D eigenvalue weighted by Gasteiger charge is 2.31. The Labute approximate surface area is 89.8 Å². The zero-order valence-electron chi connectivity index (χ0n) is 7.98. The van der Waals surface area contributed by atoms with Crippen molar-refractivity contribution < 1.29 is 9.83 Å². The van der Waals surface area contributed by atoms with Crippen LogP contribution in [0.1, 0.15) is 0 Å². The molecule has 16 heavy (non-hydrogen) atoms. The summed E-state index contributed by atoms with van der Waals surface area (Å²) in [5, 5.41) is 17.6. The molecule has 0 atom stereocenters. The molecule has 0 fully saturated rings. The van der Waals surface area contributed by atoms with E-state index in [4.69, 9.17) is 0 Å². The molecule has 0 spiro atoms. The van der Waals surface area contributed by atoms with E-state index in [-0.39, 0.29) is 11.5 Å². The van der Waals surface area contributed by atoms with Crippen molar-refractivity contribution in [1.29, 1.82) is 0 Å². The van der Waals surface area contributed by atoms with Crippen LogP contribution in [0.4, 0.5) is 5.69 Å². The van der Waals surface area contributed by atoms with Gasteiger partial charge in [0.1, 0.15) is 11.9 Å². The van der Waals surface area contributed by atoms with E-state index in [1.165, 1.54) is 12.1 Å². The molecule has 1 aliphatic heterocycles. The minimum Gasteiger partial charge on any atom is -0.284 e. The van der Waals surface area contributed by atoms with Crippen molar-refractivity contribution in [2.45, 2.75) is 0 Å². The predicted octanol–water partition coefficient (Wildman–Crippen LogP) is 0.652. The van der Waals surface area contributed by atoms with Gasteiger partial charge in [-0.25, -0.2) is 10.1 Å². The monoisotopic (exact) mass is 218 g/mol. The molecule has 2 rings (SSSR count). The number of ketones is 1. The smallest absolute Gasteiger partial charge is 0.269 e. The second-order valence-electron chi connectivity index (χ2n) is 2.92. The molecular weight excluding hydrogens is 212 g/mol. The van der Waals surface area contributed by atoms with E-state index in [1.807, 2.05) is 0 Å². The molecule has 80 valence electrons. The Morgan fingerprint density at radius 3 is 2.44 bits per heavy atom. The van der Waals surface area contributed by atoms with Crippen LogP contribution in [-0.4, -0.2) is 22.9 Å². The summed E-state index contributed by atoms with van der Waals surface area (Å²) in [7, 11) is 0. The summed E-state index contributed by atoms with van der Waals surface area (Å²) in [6.45, 7) is 0. The third kappa shape index (κ3) is 1.65. The van der Waals surface area contributed by atoms with Gasteiger partial charge in [-0.3, -0.25) is 4.79 Å². The van der Waals surface area contributed by atoms with Crippen molar-refractivity contribution >= 4 is 23.5 Å². The fourth-order valence-electron chi connectivity index (χ4n) is 1.25. The number of nitro groups is 1. The van der Waals surface area contributed by atoms with Crippen LogP contribution in [-0.2, 0) is 4.79 Å². The van der Waals surface area contributed by atoms with Crippen molar-refractivity contribution in [2.75, 3.05) is 5.01 Å². The Bertz CT molecular complexity index is 495. The number of benzene rings is 1. The number of hydrazine groups is 1. The van der Waals surface area contributed by atoms with Crippen LogP contribution in [0, 0.1) is 10.1 Å². The van der Waals surface area contributed by atoms with Gasteiger partial charge in [0.15, 0.2) is 5.03 Å². The third-order valence-corrected chi connectivity index (χ3v) is 1.91. The molecule has 0 bridgehead atoms. The number of rotatable bonds is 2. The highest BCUT2D eigenvalue weighted by atomic mass is 16.7. The SMILES string of the molecule is O=C1C=NN=C1N(c1ccccc1)[N+](=O)[O-]. The summed E-state index contributed by atoms with van der Waals surface area (Å²) in [6, 6.07) is 8.00. The van der Waals surface area contributed by atoms with Gasteiger partial charge in [0.2, 0.25) is 5.78 Å². The lowest BCUT2D eigenvalue weighted by molar-refractivity contribution is -0.479. The molecule has 0 amide bonds. The number of Topliss-reactive ketones (excluding diaryl/α,β-unsaturated/α-hetero) is 1. The van der Waals surface area contributed by atoms with E-state index in [2.05, 4.69) is 10.2 Å². The third-order valence-electron chi connectivity index (χ3n) is 1.91. The molecule has 0 radical (unpaired) electrons. The summed E-state index contributed by atoms with van der Waals surface area (Å²) in [4.78, 5) is 22.1. The van der Waals surface area contributed by atoms with Crippen LogP contribution in [0.2, 0.25) is 0 Å². The highest BCUT2D eigenvalue weighted by Crippen LogP contribution is 2.15. The van der Waals surface area contributed by atoms with Crippen molar-refractivity contribution in [3.63, 3.8) is 0 Å². The van der Waals surface area contributed by atoms with Gasteiger partial charge in [0, 0.05) is 0 Å². The average Bonchev–Trinajstić information content (AvgIpc) is 2.66. The highest BCUT2D eigenvalue weighted by molar-refractivity contribution is 6.63. The number of para-hydroxylation sites is 1. The Morgan fingerprint density at radius 2 is 1.94 bits per heavy atom. The Kier molecular flexibility index (Phi) is 2.42. The zero-order valence-corrected chi connectivity index (χ0v) is 7.98. The maximum atomic E-state index is 11.3. The molecule has 0 saturated carbocycles. The van der Waals surface area contributed by atoms with Crippen LogP contribution in [0.3, 0.4) is 0 Å². The first-order valence-corrected chi connectivity index (χ1v) is 4.35. The van der Waals surface area contributed by atoms with Crippen molar-refractivity contribution in [1.82, 2.24) is 0 Å². The standard InChI is InChI=1S/C9H6N4O3/c14-8-6-10-11-9(8)12(13(15)16)7-4-2-1-3-5-7/h1-6H. The van der Waals surface area contributed by atoms with E-state index in [1.54, 1.807) is 18.2 Å². The Hall–Kier alpha value is -2.57. The molecule has 0 N–H and O–H groups in total. The van der Waals surface area contributed by atoms with Crippen molar-refractivity contribution in [2.24, 2.45) is 10.2 Å². The molecule has 1 aliphatic rings. The number of carbonyl (C=O) groups is 1. The fourth-order valence-corrected chi connectivity index (χ4v) is 1.25. The van der Waals surface area contributed by atoms with Gasteiger partial charge < -0.3 is 0 Å². The predicted molar refractivity (Wildman–Crippen MR) is 56.8 cm³/mol. The first-order chi connectivity index (χ1) is 7.70. The van der Waals surface area contributed by atoms with Crippen LogP contribution < -0.4 is 5.01 Å². The van der Waals surface area contributed by atoms with Gasteiger partial charge in [0.05, 0.1) is 0 Å². The molecule has 0 aromatic heterocycles. The number of anilines is 1. The summed E-state index contributed by atoms with van der Waals surface area (Å²) in [5.74, 6) is -0.892. The average molecular weight is 218 g/mol. The summed E-state index contributed by atoms with van der Waals surface area (Å²) >= 11 is 0. The second-order valence-corrected chi connectivity index (χ2v) is 2.92. The molecule has 0 saturated heterocycles. The lowest BCUT2D eigenvalue weighted by atomic mass is 10.3. The van der Waals surface area contributed by atoms with E-state index >= 15 is 0 Å². The Balaban J connectivity index is 2.40. The molecule has 1 heterocycles.